The molecule has 1 aliphatic heterocycles. The highest BCUT2D eigenvalue weighted by atomic mass is 19.1. The lowest BCUT2D eigenvalue weighted by Gasteiger charge is -2.26. The smallest absolute Gasteiger partial charge is 0.294 e. The molecule has 0 fully saturated rings. The molecule has 7 heteroatoms. The average molecular weight is 443 g/mol. The minimum atomic E-state index is -0.969. The SMILES string of the molecule is COc1cccc2cc(C(=O)C3=C(O)C(=O)N(c4ccccc4)C3c3ccc(F)cc3)oc12. The molecule has 1 amide bonds. The second kappa shape index (κ2) is 7.94. The van der Waals surface area contributed by atoms with Gasteiger partial charge >= 0.3 is 0 Å². The van der Waals surface area contributed by atoms with Crippen LogP contribution in [0.4, 0.5) is 10.1 Å². The van der Waals surface area contributed by atoms with Crippen molar-refractivity contribution < 1.29 is 28.2 Å². The Hall–Kier alpha value is -4.39. The van der Waals surface area contributed by atoms with Crippen LogP contribution in [0.2, 0.25) is 0 Å². The molecule has 6 nitrogen and oxygen atoms in total. The van der Waals surface area contributed by atoms with E-state index in [0.29, 0.717) is 28.0 Å². The average Bonchev–Trinajstić information content (AvgIpc) is 3.39. The van der Waals surface area contributed by atoms with E-state index in [0.717, 1.165) is 0 Å². The summed E-state index contributed by atoms with van der Waals surface area (Å²) in [5, 5.41) is 11.4. The number of hydrogen-bond donors (Lipinski definition) is 1. The highest BCUT2D eigenvalue weighted by Crippen LogP contribution is 2.42. The molecule has 0 spiro atoms. The number of amides is 1. The zero-order chi connectivity index (χ0) is 23.1. The molecule has 1 atom stereocenters. The van der Waals surface area contributed by atoms with Crippen molar-refractivity contribution in [1.82, 2.24) is 0 Å². The standard InChI is InChI=1S/C26H18FNO5/c1-32-19-9-5-6-16-14-20(33-25(16)19)23(29)21-22(15-10-12-17(27)13-11-15)28(26(31)24(21)30)18-7-3-2-4-8-18/h2-14,22,30H,1H3. The predicted molar refractivity (Wildman–Crippen MR) is 120 cm³/mol. The Bertz CT molecular complexity index is 1410. The second-order valence-electron chi connectivity index (χ2n) is 7.55. The number of furan rings is 1. The van der Waals surface area contributed by atoms with Crippen LogP contribution in [-0.2, 0) is 4.79 Å². The van der Waals surface area contributed by atoms with Gasteiger partial charge in [-0.2, -0.15) is 0 Å². The number of hydrogen-bond acceptors (Lipinski definition) is 5. The number of aliphatic hydroxyl groups is 1. The number of anilines is 1. The topological polar surface area (TPSA) is 80.0 Å². The van der Waals surface area contributed by atoms with Crippen molar-refractivity contribution in [3.8, 4) is 5.75 Å². The molecule has 2 heterocycles. The third-order valence-electron chi connectivity index (χ3n) is 5.62. The predicted octanol–water partition coefficient (Wildman–Crippen LogP) is 5.36. The van der Waals surface area contributed by atoms with Crippen LogP contribution in [0.3, 0.4) is 0 Å². The molecule has 1 aromatic heterocycles. The molecule has 1 unspecified atom stereocenters. The maximum atomic E-state index is 13.6. The zero-order valence-corrected chi connectivity index (χ0v) is 17.5. The Morgan fingerprint density at radius 1 is 1.03 bits per heavy atom. The van der Waals surface area contributed by atoms with Gasteiger partial charge in [0.25, 0.3) is 5.91 Å². The Kier molecular flexibility index (Phi) is 4.94. The number of nitrogens with zero attached hydrogens (tertiary/aromatic N) is 1. The first kappa shape index (κ1) is 20.5. The first-order chi connectivity index (χ1) is 16.0. The van der Waals surface area contributed by atoms with Crippen molar-refractivity contribution in [2.75, 3.05) is 12.0 Å². The number of para-hydroxylation sites is 2. The second-order valence-corrected chi connectivity index (χ2v) is 7.55. The van der Waals surface area contributed by atoms with Gasteiger partial charge in [-0.1, -0.05) is 42.5 Å². The number of ketones is 1. The summed E-state index contributed by atoms with van der Waals surface area (Å²) in [6.07, 6.45) is 0. The van der Waals surface area contributed by atoms with Gasteiger partial charge in [-0.25, -0.2) is 4.39 Å². The monoisotopic (exact) mass is 443 g/mol. The van der Waals surface area contributed by atoms with E-state index in [1.165, 1.54) is 42.3 Å². The van der Waals surface area contributed by atoms with Crippen LogP contribution in [0.15, 0.2) is 94.6 Å². The highest BCUT2D eigenvalue weighted by Gasteiger charge is 2.45. The number of rotatable bonds is 5. The summed E-state index contributed by atoms with van der Waals surface area (Å²) >= 11 is 0. The third-order valence-corrected chi connectivity index (χ3v) is 5.62. The number of ether oxygens (including phenoxy) is 1. The lowest BCUT2D eigenvalue weighted by Crippen LogP contribution is -2.31. The van der Waals surface area contributed by atoms with Crippen molar-refractivity contribution in [1.29, 1.82) is 0 Å². The molecular weight excluding hydrogens is 425 g/mol. The molecule has 0 aliphatic carbocycles. The van der Waals surface area contributed by atoms with Gasteiger partial charge in [0.15, 0.2) is 22.9 Å². The molecule has 164 valence electrons. The van der Waals surface area contributed by atoms with E-state index < -0.39 is 29.3 Å². The number of carbonyl (C=O) groups excluding carboxylic acids is 2. The molecule has 1 aliphatic rings. The van der Waals surface area contributed by atoms with E-state index in [9.17, 15) is 19.1 Å². The van der Waals surface area contributed by atoms with E-state index in [-0.39, 0.29) is 11.3 Å². The number of Topliss-reactive ketones (excluding diaryl/α,β-unsaturated/α-hetero) is 1. The Labute approximate surface area is 188 Å². The maximum Gasteiger partial charge on any atom is 0.294 e. The first-order valence-electron chi connectivity index (χ1n) is 10.2. The zero-order valence-electron chi connectivity index (χ0n) is 17.5. The normalized spacial score (nSPS) is 16.0. The Morgan fingerprint density at radius 3 is 2.45 bits per heavy atom. The number of benzene rings is 3. The summed E-state index contributed by atoms with van der Waals surface area (Å²) in [6.45, 7) is 0. The van der Waals surface area contributed by atoms with Crippen molar-refractivity contribution in [3.05, 3.63) is 107 Å². The fourth-order valence-corrected chi connectivity index (χ4v) is 4.09. The minimum Gasteiger partial charge on any atom is -0.503 e. The molecule has 4 aromatic rings. The lowest BCUT2D eigenvalue weighted by molar-refractivity contribution is -0.117. The van der Waals surface area contributed by atoms with Crippen LogP contribution < -0.4 is 9.64 Å². The number of aliphatic hydroxyl groups excluding tert-OH is 1. The van der Waals surface area contributed by atoms with Crippen LogP contribution in [0.25, 0.3) is 11.0 Å². The molecule has 5 rings (SSSR count). The van der Waals surface area contributed by atoms with Gasteiger partial charge in [0.05, 0.1) is 18.7 Å². The summed E-state index contributed by atoms with van der Waals surface area (Å²) in [7, 11) is 1.49. The van der Waals surface area contributed by atoms with Gasteiger partial charge in [-0.3, -0.25) is 14.5 Å². The number of halogens is 1. The van der Waals surface area contributed by atoms with Crippen molar-refractivity contribution >= 4 is 28.3 Å². The van der Waals surface area contributed by atoms with Crippen LogP contribution in [0.1, 0.15) is 22.2 Å². The molecule has 0 saturated heterocycles. The van der Waals surface area contributed by atoms with Gasteiger partial charge in [0.1, 0.15) is 5.82 Å². The van der Waals surface area contributed by atoms with E-state index in [4.69, 9.17) is 9.15 Å². The summed E-state index contributed by atoms with van der Waals surface area (Å²) < 4.78 is 24.7. The lowest BCUT2D eigenvalue weighted by atomic mass is 9.94. The van der Waals surface area contributed by atoms with Crippen molar-refractivity contribution in [3.63, 3.8) is 0 Å². The van der Waals surface area contributed by atoms with E-state index in [2.05, 4.69) is 0 Å². The van der Waals surface area contributed by atoms with Gasteiger partial charge < -0.3 is 14.3 Å². The molecule has 1 N–H and O–H groups in total. The largest absolute Gasteiger partial charge is 0.503 e. The van der Waals surface area contributed by atoms with Crippen molar-refractivity contribution in [2.45, 2.75) is 6.04 Å². The Balaban J connectivity index is 1.66. The quantitative estimate of drug-likeness (QED) is 0.420. The number of methoxy groups -OCH3 is 1. The summed E-state index contributed by atoms with van der Waals surface area (Å²) in [5.41, 5.74) is 1.19. The van der Waals surface area contributed by atoms with Gasteiger partial charge in [-0.15, -0.1) is 0 Å². The molecule has 0 bridgehead atoms. The van der Waals surface area contributed by atoms with E-state index in [1.54, 1.807) is 48.5 Å². The third kappa shape index (κ3) is 3.34. The van der Waals surface area contributed by atoms with Crippen molar-refractivity contribution in [2.24, 2.45) is 0 Å². The maximum absolute atomic E-state index is 13.6. The van der Waals surface area contributed by atoms with Crippen LogP contribution in [0.5, 0.6) is 5.75 Å². The number of carbonyl (C=O) groups is 2. The van der Waals surface area contributed by atoms with Crippen LogP contribution in [0, 0.1) is 5.82 Å². The van der Waals surface area contributed by atoms with Gasteiger partial charge in [-0.05, 0) is 42.0 Å². The van der Waals surface area contributed by atoms with Gasteiger partial charge in [0, 0.05) is 11.1 Å². The molecule has 0 saturated carbocycles. The number of fused-ring (bicyclic) bond motifs is 1. The molecule has 33 heavy (non-hydrogen) atoms. The van der Waals surface area contributed by atoms with E-state index in [1.807, 2.05) is 0 Å². The minimum absolute atomic E-state index is 0.0501. The summed E-state index contributed by atoms with van der Waals surface area (Å²) in [4.78, 5) is 28.0. The summed E-state index contributed by atoms with van der Waals surface area (Å²) in [6, 6.07) is 19.9. The fourth-order valence-electron chi connectivity index (χ4n) is 4.09. The summed E-state index contributed by atoms with van der Waals surface area (Å²) in [5.74, 6) is -2.11. The first-order valence-corrected chi connectivity index (χ1v) is 10.2. The van der Waals surface area contributed by atoms with Crippen LogP contribution >= 0.6 is 0 Å². The molecule has 0 radical (unpaired) electrons. The van der Waals surface area contributed by atoms with Gasteiger partial charge in [0.2, 0.25) is 5.78 Å². The fraction of sp³-hybridized carbons (Fsp3) is 0.0769. The molecular formula is C26H18FNO5. The van der Waals surface area contributed by atoms with E-state index >= 15 is 0 Å². The highest BCUT2D eigenvalue weighted by molar-refractivity contribution is 6.20. The molecule has 3 aromatic carbocycles. The Morgan fingerprint density at radius 2 is 1.76 bits per heavy atom. The van der Waals surface area contributed by atoms with Crippen LogP contribution in [-0.4, -0.2) is 23.9 Å².